The molecule has 0 aliphatic heterocycles. The minimum absolute atomic E-state index is 0.175. The molecule has 2 N–H and O–H groups in total. The summed E-state index contributed by atoms with van der Waals surface area (Å²) in [5, 5.41) is 8.90. The van der Waals surface area contributed by atoms with Crippen molar-refractivity contribution in [2.75, 3.05) is 12.4 Å². The van der Waals surface area contributed by atoms with Crippen LogP contribution in [-0.4, -0.2) is 28.2 Å². The van der Waals surface area contributed by atoms with Crippen molar-refractivity contribution in [3.05, 3.63) is 31.8 Å². The van der Waals surface area contributed by atoms with Crippen LogP contribution < -0.4 is 10.1 Å². The van der Waals surface area contributed by atoms with Gasteiger partial charge in [0.25, 0.3) is 5.91 Å². The topological polar surface area (TPSA) is 79.9 Å². The fraction of sp³-hybridized carbons (Fsp3) is 0.100. The molecule has 0 atom stereocenters. The van der Waals surface area contributed by atoms with E-state index in [0.717, 1.165) is 8.04 Å². The number of carbonyl (C=O) groups is 1. The molecule has 1 aromatic heterocycles. The summed E-state index contributed by atoms with van der Waals surface area (Å²) >= 11 is 5.42. The van der Waals surface area contributed by atoms with E-state index >= 15 is 0 Å². The van der Waals surface area contributed by atoms with E-state index in [1.807, 2.05) is 12.1 Å². The van der Waals surface area contributed by atoms with E-state index in [9.17, 15) is 4.79 Å². The molecule has 1 amide bonds. The van der Waals surface area contributed by atoms with Gasteiger partial charge in [0.1, 0.15) is 0 Å². The number of nitrogens with zero attached hydrogens (tertiary/aromatic N) is 2. The molecule has 6 nitrogen and oxygen atoms in total. The standard InChI is InChI=1S/C10H8BrIN4O2/c1-18-10-14-9(15-16-10)13-8(17)6-4-5(11)2-3-7(6)12/h2-4H,1H3,(H2,13,14,15,16,17). The molecular weight excluding hydrogens is 415 g/mol. The van der Waals surface area contributed by atoms with E-state index in [-0.39, 0.29) is 17.9 Å². The van der Waals surface area contributed by atoms with Gasteiger partial charge in [-0.15, -0.1) is 5.10 Å². The fourth-order valence-corrected chi connectivity index (χ4v) is 2.18. The van der Waals surface area contributed by atoms with Crippen molar-refractivity contribution in [1.82, 2.24) is 15.2 Å². The maximum atomic E-state index is 12.0. The predicted octanol–water partition coefficient (Wildman–Crippen LogP) is 2.43. The second-order valence-corrected chi connectivity index (χ2v) is 5.33. The van der Waals surface area contributed by atoms with E-state index < -0.39 is 0 Å². The molecule has 94 valence electrons. The van der Waals surface area contributed by atoms with Crippen molar-refractivity contribution in [2.24, 2.45) is 0 Å². The fourth-order valence-electron chi connectivity index (χ4n) is 1.24. The number of rotatable bonds is 3. The molecule has 18 heavy (non-hydrogen) atoms. The van der Waals surface area contributed by atoms with Crippen molar-refractivity contribution in [3.63, 3.8) is 0 Å². The van der Waals surface area contributed by atoms with Gasteiger partial charge in [0.15, 0.2) is 0 Å². The summed E-state index contributed by atoms with van der Waals surface area (Å²) < 4.78 is 6.49. The number of benzene rings is 1. The zero-order valence-corrected chi connectivity index (χ0v) is 12.9. The molecular formula is C10H8BrIN4O2. The molecule has 0 unspecified atom stereocenters. The highest BCUT2D eigenvalue weighted by Gasteiger charge is 2.13. The molecule has 0 radical (unpaired) electrons. The van der Waals surface area contributed by atoms with Crippen LogP contribution in [0.15, 0.2) is 22.7 Å². The van der Waals surface area contributed by atoms with Crippen LogP contribution in [-0.2, 0) is 0 Å². The minimum Gasteiger partial charge on any atom is -0.466 e. The maximum Gasteiger partial charge on any atom is 0.336 e. The second-order valence-electron chi connectivity index (χ2n) is 3.25. The van der Waals surface area contributed by atoms with Gasteiger partial charge in [-0.2, -0.15) is 4.98 Å². The van der Waals surface area contributed by atoms with E-state index in [1.165, 1.54) is 7.11 Å². The molecule has 1 heterocycles. The number of halogens is 2. The Labute approximate surface area is 125 Å². The van der Waals surface area contributed by atoms with Crippen LogP contribution in [0, 0.1) is 3.57 Å². The molecule has 0 saturated carbocycles. The molecule has 8 heteroatoms. The average Bonchev–Trinajstić information content (AvgIpc) is 2.80. The van der Waals surface area contributed by atoms with Gasteiger partial charge in [0, 0.05) is 8.04 Å². The van der Waals surface area contributed by atoms with Crippen molar-refractivity contribution >= 4 is 50.4 Å². The first-order chi connectivity index (χ1) is 8.60. The quantitative estimate of drug-likeness (QED) is 0.744. The summed E-state index contributed by atoms with van der Waals surface area (Å²) in [6.45, 7) is 0. The van der Waals surface area contributed by atoms with Gasteiger partial charge >= 0.3 is 6.01 Å². The lowest BCUT2D eigenvalue weighted by atomic mass is 10.2. The van der Waals surface area contributed by atoms with Crippen molar-refractivity contribution < 1.29 is 9.53 Å². The molecule has 0 bridgehead atoms. The third-order valence-electron chi connectivity index (χ3n) is 2.05. The Balaban J connectivity index is 2.19. The summed E-state index contributed by atoms with van der Waals surface area (Å²) in [6.07, 6.45) is 0. The first-order valence-electron chi connectivity index (χ1n) is 4.83. The van der Waals surface area contributed by atoms with E-state index in [4.69, 9.17) is 4.74 Å². The van der Waals surface area contributed by atoms with Crippen LogP contribution in [0.5, 0.6) is 6.01 Å². The van der Waals surface area contributed by atoms with Gasteiger partial charge in [-0.1, -0.05) is 15.9 Å². The number of hydrogen-bond acceptors (Lipinski definition) is 4. The highest BCUT2D eigenvalue weighted by atomic mass is 127. The van der Waals surface area contributed by atoms with Gasteiger partial charge in [-0.05, 0) is 40.8 Å². The van der Waals surface area contributed by atoms with Gasteiger partial charge in [0.05, 0.1) is 12.7 Å². The lowest BCUT2D eigenvalue weighted by Gasteiger charge is -2.04. The van der Waals surface area contributed by atoms with Crippen LogP contribution in [0.1, 0.15) is 10.4 Å². The van der Waals surface area contributed by atoms with E-state index in [0.29, 0.717) is 5.56 Å². The molecule has 0 aliphatic rings. The number of aromatic nitrogens is 3. The van der Waals surface area contributed by atoms with Gasteiger partial charge in [0.2, 0.25) is 5.95 Å². The highest BCUT2D eigenvalue weighted by Crippen LogP contribution is 2.19. The first-order valence-corrected chi connectivity index (χ1v) is 6.70. The number of nitrogens with one attached hydrogen (secondary N) is 2. The Kier molecular flexibility index (Phi) is 4.17. The number of carbonyl (C=O) groups excluding carboxylic acids is 1. The summed E-state index contributed by atoms with van der Waals surface area (Å²) in [5.41, 5.74) is 0.556. The number of H-pyrrole nitrogens is 1. The smallest absolute Gasteiger partial charge is 0.336 e. The Bertz CT molecular complexity index is 587. The predicted molar refractivity (Wildman–Crippen MR) is 77.7 cm³/mol. The zero-order chi connectivity index (χ0) is 13.1. The van der Waals surface area contributed by atoms with Crippen molar-refractivity contribution in [1.29, 1.82) is 0 Å². The summed E-state index contributed by atoms with van der Waals surface area (Å²) in [6, 6.07) is 5.63. The van der Waals surface area contributed by atoms with Gasteiger partial charge in [-0.25, -0.2) is 5.10 Å². The van der Waals surface area contributed by atoms with Crippen LogP contribution in [0.3, 0.4) is 0 Å². The normalized spacial score (nSPS) is 10.2. The molecule has 0 saturated heterocycles. The lowest BCUT2D eigenvalue weighted by Crippen LogP contribution is -2.14. The van der Waals surface area contributed by atoms with Crippen LogP contribution in [0.25, 0.3) is 0 Å². The molecule has 0 spiro atoms. The average molecular weight is 423 g/mol. The maximum absolute atomic E-state index is 12.0. The molecule has 2 rings (SSSR count). The number of anilines is 1. The lowest BCUT2D eigenvalue weighted by molar-refractivity contribution is 0.102. The Hall–Kier alpha value is -1.16. The number of amides is 1. The van der Waals surface area contributed by atoms with Gasteiger partial charge < -0.3 is 4.74 Å². The van der Waals surface area contributed by atoms with E-state index in [1.54, 1.807) is 6.07 Å². The largest absolute Gasteiger partial charge is 0.466 e. The molecule has 1 aromatic carbocycles. The zero-order valence-electron chi connectivity index (χ0n) is 9.20. The monoisotopic (exact) mass is 422 g/mol. The van der Waals surface area contributed by atoms with Crippen molar-refractivity contribution in [2.45, 2.75) is 0 Å². The number of hydrogen-bond donors (Lipinski definition) is 2. The van der Waals surface area contributed by atoms with Crippen LogP contribution >= 0.6 is 38.5 Å². The molecule has 0 fully saturated rings. The third kappa shape index (κ3) is 2.99. The number of aromatic amines is 1. The van der Waals surface area contributed by atoms with Crippen LogP contribution in [0.4, 0.5) is 5.95 Å². The Morgan fingerprint density at radius 3 is 3.00 bits per heavy atom. The molecule has 0 aliphatic carbocycles. The van der Waals surface area contributed by atoms with E-state index in [2.05, 4.69) is 59.0 Å². The first kappa shape index (κ1) is 13.3. The second kappa shape index (κ2) is 5.65. The number of ether oxygens (including phenoxy) is 1. The summed E-state index contributed by atoms with van der Waals surface area (Å²) in [5.74, 6) is -0.0212. The van der Waals surface area contributed by atoms with Crippen LogP contribution in [0.2, 0.25) is 0 Å². The highest BCUT2D eigenvalue weighted by molar-refractivity contribution is 14.1. The third-order valence-corrected chi connectivity index (χ3v) is 3.49. The SMILES string of the molecule is COc1n[nH]c(NC(=O)c2cc(Br)ccc2I)n1. The molecule has 2 aromatic rings. The number of methoxy groups -OCH3 is 1. The summed E-state index contributed by atoms with van der Waals surface area (Å²) in [7, 11) is 1.45. The Morgan fingerprint density at radius 1 is 1.56 bits per heavy atom. The summed E-state index contributed by atoms with van der Waals surface area (Å²) in [4.78, 5) is 15.9. The van der Waals surface area contributed by atoms with Gasteiger partial charge in [-0.3, -0.25) is 10.1 Å². The Morgan fingerprint density at radius 2 is 2.33 bits per heavy atom. The van der Waals surface area contributed by atoms with Crippen molar-refractivity contribution in [3.8, 4) is 6.01 Å². The minimum atomic E-state index is -0.264.